The Labute approximate surface area is 279 Å². The molecular weight excluding hydrogens is 616 g/mol. The van der Waals surface area contributed by atoms with Crippen LogP contribution in [0.25, 0.3) is 11.2 Å². The second kappa shape index (κ2) is 15.7. The van der Waals surface area contributed by atoms with Gasteiger partial charge in [0.2, 0.25) is 5.91 Å². The number of nitrogen functional groups attached to an aromatic ring is 1. The Kier molecular flexibility index (Phi) is 11.2. The number of piperazine rings is 1. The van der Waals surface area contributed by atoms with Gasteiger partial charge >= 0.3 is 17.7 Å². The van der Waals surface area contributed by atoms with E-state index < -0.39 is 11.9 Å². The Morgan fingerprint density at radius 3 is 2.56 bits per heavy atom. The molecule has 4 aromatic rings. The number of aromatic nitrogens is 4. The van der Waals surface area contributed by atoms with Gasteiger partial charge in [0, 0.05) is 44.5 Å². The maximum atomic E-state index is 13.8. The number of phenols is 1. The maximum Gasteiger partial charge on any atom is 0.329 e. The van der Waals surface area contributed by atoms with Gasteiger partial charge < -0.3 is 35.1 Å². The molecule has 14 nitrogen and oxygen atoms in total. The van der Waals surface area contributed by atoms with Crippen LogP contribution in [0.5, 0.6) is 11.8 Å². The number of rotatable bonds is 14. The van der Waals surface area contributed by atoms with Crippen molar-refractivity contribution < 1.29 is 24.2 Å². The van der Waals surface area contributed by atoms with Gasteiger partial charge in [0.15, 0.2) is 11.5 Å². The Morgan fingerprint density at radius 2 is 1.85 bits per heavy atom. The van der Waals surface area contributed by atoms with Crippen molar-refractivity contribution in [3.05, 3.63) is 70.1 Å². The Balaban J connectivity index is 1.40. The van der Waals surface area contributed by atoms with E-state index in [4.69, 9.17) is 15.2 Å². The minimum atomic E-state index is -0.602. The molecule has 256 valence electrons. The van der Waals surface area contributed by atoms with Crippen LogP contribution in [-0.4, -0.2) is 92.7 Å². The molecule has 2 aromatic heterocycles. The molecule has 1 aliphatic heterocycles. The van der Waals surface area contributed by atoms with Crippen LogP contribution in [0.2, 0.25) is 0 Å². The first-order valence-corrected chi connectivity index (χ1v) is 16.3. The molecule has 1 atom stereocenters. The number of hydrogen-bond acceptors (Lipinski definition) is 11. The summed E-state index contributed by atoms with van der Waals surface area (Å²) in [5.41, 5.74) is 8.94. The fourth-order valence-corrected chi connectivity index (χ4v) is 5.88. The average molecular weight is 661 g/mol. The fraction of sp³-hybridized carbons (Fsp3) is 0.441. The molecule has 1 fully saturated rings. The number of ether oxygens (including phenoxy) is 2. The van der Waals surface area contributed by atoms with Gasteiger partial charge in [-0.2, -0.15) is 9.97 Å². The van der Waals surface area contributed by atoms with E-state index in [9.17, 15) is 19.5 Å². The number of anilines is 2. The number of nitrogens with two attached hydrogens (primary N) is 1. The molecule has 0 radical (unpaired) electrons. The van der Waals surface area contributed by atoms with Crippen LogP contribution in [0, 0.1) is 0 Å². The quantitative estimate of drug-likeness (QED) is 0.134. The number of fused-ring (bicyclic) bond motifs is 1. The van der Waals surface area contributed by atoms with E-state index in [2.05, 4.69) is 21.9 Å². The number of methoxy groups -OCH3 is 1. The maximum absolute atomic E-state index is 13.8. The number of imidazole rings is 1. The Hall–Kier alpha value is -5.11. The number of carbonyl (C=O) groups excluding carboxylic acids is 2. The molecule has 5 rings (SSSR count). The van der Waals surface area contributed by atoms with E-state index in [1.54, 1.807) is 18.2 Å². The molecule has 4 N–H and O–H groups in total. The van der Waals surface area contributed by atoms with E-state index >= 15 is 0 Å². The van der Waals surface area contributed by atoms with Crippen LogP contribution in [0.15, 0.2) is 53.3 Å². The summed E-state index contributed by atoms with van der Waals surface area (Å²) >= 11 is 0. The van der Waals surface area contributed by atoms with Gasteiger partial charge in [-0.1, -0.05) is 50.6 Å². The molecular formula is C34H44N8O6. The topological polar surface area (TPSA) is 172 Å². The zero-order valence-electron chi connectivity index (χ0n) is 27.7. The van der Waals surface area contributed by atoms with Crippen molar-refractivity contribution in [2.45, 2.75) is 52.2 Å². The van der Waals surface area contributed by atoms with Crippen molar-refractivity contribution in [1.29, 1.82) is 0 Å². The monoisotopic (exact) mass is 660 g/mol. The molecule has 2 aromatic carbocycles. The number of H-pyrrole nitrogens is 1. The average Bonchev–Trinajstić information content (AvgIpc) is 3.41. The third-order valence-corrected chi connectivity index (χ3v) is 8.38. The molecule has 0 spiro atoms. The third kappa shape index (κ3) is 8.05. The van der Waals surface area contributed by atoms with Crippen molar-refractivity contribution in [1.82, 2.24) is 29.3 Å². The second-order valence-corrected chi connectivity index (χ2v) is 11.9. The van der Waals surface area contributed by atoms with Crippen LogP contribution >= 0.6 is 0 Å². The zero-order chi connectivity index (χ0) is 34.2. The van der Waals surface area contributed by atoms with Crippen molar-refractivity contribution in [3.8, 4) is 11.8 Å². The smallest absolute Gasteiger partial charge is 0.329 e. The minimum Gasteiger partial charge on any atom is -0.508 e. The van der Waals surface area contributed by atoms with Gasteiger partial charge in [0.1, 0.15) is 17.4 Å². The zero-order valence-corrected chi connectivity index (χ0v) is 27.7. The minimum absolute atomic E-state index is 0.0375. The first kappa shape index (κ1) is 34.2. The normalized spacial score (nSPS) is 15.1. The van der Waals surface area contributed by atoms with Crippen LogP contribution in [0.3, 0.4) is 0 Å². The molecule has 48 heavy (non-hydrogen) atoms. The summed E-state index contributed by atoms with van der Waals surface area (Å²) in [7, 11) is 1.36. The van der Waals surface area contributed by atoms with Gasteiger partial charge in [-0.25, -0.2) is 4.79 Å². The second-order valence-electron chi connectivity index (χ2n) is 11.9. The molecule has 1 saturated heterocycles. The van der Waals surface area contributed by atoms with E-state index in [1.165, 1.54) is 11.7 Å². The first-order chi connectivity index (χ1) is 23.2. The number of esters is 1. The van der Waals surface area contributed by atoms with Crippen LogP contribution in [0.4, 0.5) is 11.5 Å². The summed E-state index contributed by atoms with van der Waals surface area (Å²) in [6, 6.07) is 14.6. The van der Waals surface area contributed by atoms with E-state index in [0.29, 0.717) is 50.5 Å². The highest BCUT2D eigenvalue weighted by molar-refractivity contribution is 5.82. The molecule has 0 saturated carbocycles. The number of amides is 1. The van der Waals surface area contributed by atoms with Crippen molar-refractivity contribution in [2.75, 3.05) is 57.1 Å². The first-order valence-electron chi connectivity index (χ1n) is 16.3. The van der Waals surface area contributed by atoms with Gasteiger partial charge in [-0.3, -0.25) is 19.1 Å². The third-order valence-electron chi connectivity index (χ3n) is 8.38. The lowest BCUT2D eigenvalue weighted by atomic mass is 10.1. The van der Waals surface area contributed by atoms with Gasteiger partial charge in [-0.05, 0) is 36.1 Å². The number of nitrogens with one attached hydrogen (secondary N) is 1. The molecule has 1 amide bonds. The lowest BCUT2D eigenvalue weighted by Gasteiger charge is -2.43. The molecule has 1 unspecified atom stereocenters. The highest BCUT2D eigenvalue weighted by Crippen LogP contribution is 2.31. The predicted molar refractivity (Wildman–Crippen MR) is 182 cm³/mol. The highest BCUT2D eigenvalue weighted by Gasteiger charge is 2.33. The van der Waals surface area contributed by atoms with Crippen molar-refractivity contribution in [3.63, 3.8) is 0 Å². The number of aromatic amines is 1. The summed E-state index contributed by atoms with van der Waals surface area (Å²) in [5.74, 6) is -0.145. The summed E-state index contributed by atoms with van der Waals surface area (Å²) in [4.78, 5) is 56.5. The van der Waals surface area contributed by atoms with Crippen molar-refractivity contribution in [2.24, 2.45) is 0 Å². The van der Waals surface area contributed by atoms with E-state index in [0.717, 1.165) is 36.1 Å². The molecule has 0 bridgehead atoms. The molecule has 14 heteroatoms. The van der Waals surface area contributed by atoms with Crippen LogP contribution < -0.4 is 21.1 Å². The summed E-state index contributed by atoms with van der Waals surface area (Å²) in [6.07, 6.45) is 2.12. The van der Waals surface area contributed by atoms with Gasteiger partial charge in [0.25, 0.3) is 0 Å². The van der Waals surface area contributed by atoms with Gasteiger partial charge in [-0.15, -0.1) is 0 Å². The summed E-state index contributed by atoms with van der Waals surface area (Å²) in [5, 5.41) is 10.3. The SMILES string of the molecule is CCCCOc1nc(N)c2[nH]c(=O)n(C3CN(CC(=O)N(CCC)Cc4ccc(CC(=O)OC)cc4)CCN3c3cccc(O)c3)c2n1. The standard InChI is InChI=1S/C34H44N8O6/c1-4-6-17-48-33-37-31(35)30-32(38-33)42(34(46)36-30)27-21-39(15-16-41(27)25-8-7-9-26(43)19-25)22-28(44)40(14-5-2)20-24-12-10-23(11-13-24)18-29(45)47-3/h7-13,19,27,43H,4-6,14-18,20-22H2,1-3H3,(H,36,46)(H2,35,37,38). The molecule has 0 aliphatic carbocycles. The Morgan fingerprint density at radius 1 is 1.08 bits per heavy atom. The number of unbranched alkanes of at least 4 members (excludes halogenated alkanes) is 1. The number of hydrogen-bond donors (Lipinski definition) is 3. The number of phenolic OH excluding ortho intramolecular Hbond substituents is 1. The van der Waals surface area contributed by atoms with Gasteiger partial charge in [0.05, 0.1) is 26.7 Å². The Bertz CT molecular complexity index is 1770. The van der Waals surface area contributed by atoms with E-state index in [-0.39, 0.29) is 42.4 Å². The largest absolute Gasteiger partial charge is 0.508 e. The summed E-state index contributed by atoms with van der Waals surface area (Å²) < 4.78 is 12.0. The summed E-state index contributed by atoms with van der Waals surface area (Å²) in [6.45, 7) is 6.96. The fourth-order valence-electron chi connectivity index (χ4n) is 5.88. The number of aromatic hydroxyl groups is 1. The molecule has 3 heterocycles. The lowest BCUT2D eigenvalue weighted by molar-refractivity contribution is -0.139. The predicted octanol–water partition coefficient (Wildman–Crippen LogP) is 3.06. The number of benzene rings is 2. The lowest BCUT2D eigenvalue weighted by Crippen LogP contribution is -2.54. The highest BCUT2D eigenvalue weighted by atomic mass is 16.5. The van der Waals surface area contributed by atoms with Crippen molar-refractivity contribution >= 4 is 34.5 Å². The molecule has 1 aliphatic rings. The number of nitrogens with zero attached hydrogens (tertiary/aromatic N) is 6. The van der Waals surface area contributed by atoms with E-state index in [1.807, 2.05) is 52.0 Å². The van der Waals surface area contributed by atoms with Crippen LogP contribution in [-0.2, 0) is 27.3 Å². The number of carbonyl (C=O) groups is 2. The van der Waals surface area contributed by atoms with Crippen LogP contribution in [0.1, 0.15) is 50.4 Å².